The number of hydrogen-bond donors (Lipinski definition) is 2. The first-order chi connectivity index (χ1) is 7.69. The van der Waals surface area contributed by atoms with Crippen LogP contribution in [-0.4, -0.2) is 31.3 Å². The van der Waals surface area contributed by atoms with Gasteiger partial charge in [-0.3, -0.25) is 5.32 Å². The van der Waals surface area contributed by atoms with Crippen molar-refractivity contribution in [1.29, 1.82) is 0 Å². The van der Waals surface area contributed by atoms with Crippen molar-refractivity contribution in [2.75, 3.05) is 0 Å². The molecule has 0 aliphatic carbocycles. The van der Waals surface area contributed by atoms with E-state index in [-0.39, 0.29) is 18.0 Å². The molecule has 0 aliphatic heterocycles. The summed E-state index contributed by atoms with van der Waals surface area (Å²) in [6, 6.07) is 0. The number of aliphatic hydroxyl groups is 1. The predicted octanol–water partition coefficient (Wildman–Crippen LogP) is 0.806. The Labute approximate surface area is 99.6 Å². The van der Waals surface area contributed by atoms with Gasteiger partial charge in [-0.15, -0.1) is 0 Å². The highest BCUT2D eigenvalue weighted by molar-refractivity contribution is 5.13. The molecule has 1 rings (SSSR count). The molecule has 1 unspecified atom stereocenters. The SMILES string of the molecule is Cc1cn(CC(O)NC(C)(C)C)c([N+](=O)[O-])n1. The Morgan fingerprint density at radius 3 is 2.71 bits per heavy atom. The molecule has 0 radical (unpaired) electrons. The summed E-state index contributed by atoms with van der Waals surface area (Å²) >= 11 is 0. The fourth-order valence-electron chi connectivity index (χ4n) is 1.55. The number of aryl methyl sites for hydroxylation is 1. The molecule has 0 amide bonds. The van der Waals surface area contributed by atoms with Crippen molar-refractivity contribution < 1.29 is 10.0 Å². The fourth-order valence-corrected chi connectivity index (χ4v) is 1.55. The van der Waals surface area contributed by atoms with Gasteiger partial charge in [0, 0.05) is 5.54 Å². The Morgan fingerprint density at radius 1 is 1.65 bits per heavy atom. The van der Waals surface area contributed by atoms with Gasteiger partial charge in [0.15, 0.2) is 0 Å². The molecule has 0 aromatic carbocycles. The van der Waals surface area contributed by atoms with E-state index < -0.39 is 11.2 Å². The molecule has 1 aromatic heterocycles. The van der Waals surface area contributed by atoms with E-state index in [1.54, 1.807) is 13.1 Å². The Hall–Kier alpha value is -1.47. The van der Waals surface area contributed by atoms with Gasteiger partial charge >= 0.3 is 5.95 Å². The first-order valence-corrected chi connectivity index (χ1v) is 5.33. The van der Waals surface area contributed by atoms with Crippen molar-refractivity contribution in [3.63, 3.8) is 0 Å². The molecule has 17 heavy (non-hydrogen) atoms. The zero-order valence-corrected chi connectivity index (χ0v) is 10.5. The Balaban J connectivity index is 2.77. The lowest BCUT2D eigenvalue weighted by Gasteiger charge is -2.24. The first kappa shape index (κ1) is 13.6. The van der Waals surface area contributed by atoms with Crippen LogP contribution < -0.4 is 5.32 Å². The van der Waals surface area contributed by atoms with Crippen LogP contribution in [0.1, 0.15) is 26.5 Å². The van der Waals surface area contributed by atoms with Crippen molar-refractivity contribution >= 4 is 5.95 Å². The van der Waals surface area contributed by atoms with Crippen LogP contribution in [0.15, 0.2) is 6.20 Å². The van der Waals surface area contributed by atoms with E-state index in [2.05, 4.69) is 10.3 Å². The van der Waals surface area contributed by atoms with Gasteiger partial charge in [-0.2, -0.15) is 0 Å². The van der Waals surface area contributed by atoms with Crippen LogP contribution in [0.25, 0.3) is 0 Å². The molecule has 0 bridgehead atoms. The molecule has 1 heterocycles. The largest absolute Gasteiger partial charge is 0.434 e. The standard InChI is InChI=1S/C10H18N4O3/c1-7-5-13(9(11-7)14(16)17)6-8(15)12-10(2,3)4/h5,8,12,15H,6H2,1-4H3. The van der Waals surface area contributed by atoms with Gasteiger partial charge in [0.05, 0.1) is 0 Å². The second-order valence-corrected chi connectivity index (χ2v) is 5.00. The van der Waals surface area contributed by atoms with Gasteiger partial charge in [0.1, 0.15) is 24.7 Å². The summed E-state index contributed by atoms with van der Waals surface area (Å²) in [7, 11) is 0. The number of hydrogen-bond acceptors (Lipinski definition) is 5. The minimum absolute atomic E-state index is 0.0917. The van der Waals surface area contributed by atoms with Crippen LogP contribution in [0.3, 0.4) is 0 Å². The quantitative estimate of drug-likeness (QED) is 0.463. The smallest absolute Gasteiger partial charge is 0.390 e. The summed E-state index contributed by atoms with van der Waals surface area (Å²) in [6.45, 7) is 7.48. The number of aromatic nitrogens is 2. The zero-order chi connectivity index (χ0) is 13.2. The van der Waals surface area contributed by atoms with Crippen LogP contribution in [-0.2, 0) is 6.54 Å². The van der Waals surface area contributed by atoms with Gasteiger partial charge in [-0.1, -0.05) is 4.98 Å². The van der Waals surface area contributed by atoms with Crippen molar-refractivity contribution in [3.8, 4) is 0 Å². The maximum Gasteiger partial charge on any atom is 0.434 e. The first-order valence-electron chi connectivity index (χ1n) is 5.33. The molecule has 0 saturated carbocycles. The molecule has 7 nitrogen and oxygen atoms in total. The third-order valence-electron chi connectivity index (χ3n) is 2.01. The third kappa shape index (κ3) is 4.12. The van der Waals surface area contributed by atoms with Gasteiger partial charge in [-0.25, -0.2) is 4.57 Å². The molecule has 1 aromatic rings. The van der Waals surface area contributed by atoms with Crippen LogP contribution >= 0.6 is 0 Å². The lowest BCUT2D eigenvalue weighted by Crippen LogP contribution is -2.45. The van der Waals surface area contributed by atoms with Crippen molar-refractivity contribution in [1.82, 2.24) is 14.9 Å². The molecule has 96 valence electrons. The van der Waals surface area contributed by atoms with Gasteiger partial charge < -0.3 is 15.2 Å². The second kappa shape index (κ2) is 4.80. The summed E-state index contributed by atoms with van der Waals surface area (Å²) < 4.78 is 1.33. The molecule has 0 fully saturated rings. The van der Waals surface area contributed by atoms with E-state index in [0.29, 0.717) is 5.69 Å². The molecule has 0 spiro atoms. The van der Waals surface area contributed by atoms with Crippen molar-refractivity contribution in [2.45, 2.75) is 46.0 Å². The van der Waals surface area contributed by atoms with Crippen molar-refractivity contribution in [2.24, 2.45) is 0 Å². The monoisotopic (exact) mass is 242 g/mol. The Bertz CT molecular complexity index is 408. The average molecular weight is 242 g/mol. The van der Waals surface area contributed by atoms with E-state index in [0.717, 1.165) is 0 Å². The maximum absolute atomic E-state index is 10.7. The van der Waals surface area contributed by atoms with E-state index >= 15 is 0 Å². The zero-order valence-electron chi connectivity index (χ0n) is 10.5. The third-order valence-corrected chi connectivity index (χ3v) is 2.01. The molecule has 0 saturated heterocycles. The van der Waals surface area contributed by atoms with E-state index in [1.165, 1.54) is 4.57 Å². The fraction of sp³-hybridized carbons (Fsp3) is 0.700. The number of nitrogens with one attached hydrogen (secondary N) is 1. The number of aliphatic hydroxyl groups excluding tert-OH is 1. The lowest BCUT2D eigenvalue weighted by molar-refractivity contribution is -0.397. The van der Waals surface area contributed by atoms with Crippen LogP contribution in [0.5, 0.6) is 0 Å². The van der Waals surface area contributed by atoms with Crippen molar-refractivity contribution in [3.05, 3.63) is 22.0 Å². The summed E-state index contributed by atoms with van der Waals surface area (Å²) in [5.74, 6) is -0.253. The summed E-state index contributed by atoms with van der Waals surface area (Å²) in [6.07, 6.45) is 0.688. The minimum Gasteiger partial charge on any atom is -0.390 e. The maximum atomic E-state index is 10.7. The normalized spacial score (nSPS) is 13.7. The molecule has 1 atom stereocenters. The van der Waals surface area contributed by atoms with Gasteiger partial charge in [0.2, 0.25) is 0 Å². The van der Waals surface area contributed by atoms with Crippen LogP contribution in [0.2, 0.25) is 0 Å². The van der Waals surface area contributed by atoms with E-state index in [1.807, 2.05) is 20.8 Å². The number of imidazole rings is 1. The molecular formula is C10H18N4O3. The van der Waals surface area contributed by atoms with E-state index in [4.69, 9.17) is 0 Å². The molecule has 0 aliphatic rings. The second-order valence-electron chi connectivity index (χ2n) is 5.00. The lowest BCUT2D eigenvalue weighted by atomic mass is 10.1. The van der Waals surface area contributed by atoms with Gasteiger partial charge in [0.25, 0.3) is 0 Å². The topological polar surface area (TPSA) is 93.2 Å². The van der Waals surface area contributed by atoms with Gasteiger partial charge in [-0.05, 0) is 32.6 Å². The molecule has 7 heteroatoms. The summed E-state index contributed by atoms with van der Waals surface area (Å²) in [5, 5.41) is 23.4. The molecular weight excluding hydrogens is 224 g/mol. The molecule has 2 N–H and O–H groups in total. The summed E-state index contributed by atoms with van der Waals surface area (Å²) in [5.41, 5.74) is 0.295. The van der Waals surface area contributed by atoms with Crippen LogP contribution in [0.4, 0.5) is 5.95 Å². The number of rotatable bonds is 4. The highest BCUT2D eigenvalue weighted by Crippen LogP contribution is 2.12. The van der Waals surface area contributed by atoms with E-state index in [9.17, 15) is 15.2 Å². The number of nitro groups is 1. The summed E-state index contributed by atoms with van der Waals surface area (Å²) in [4.78, 5) is 13.9. The average Bonchev–Trinajstić information content (AvgIpc) is 2.42. The Morgan fingerprint density at radius 2 is 2.24 bits per heavy atom. The number of nitrogens with zero attached hydrogens (tertiary/aromatic N) is 3. The highest BCUT2D eigenvalue weighted by Gasteiger charge is 2.22. The highest BCUT2D eigenvalue weighted by atomic mass is 16.6. The van der Waals surface area contributed by atoms with Crippen LogP contribution in [0, 0.1) is 17.0 Å². The minimum atomic E-state index is -0.859. The Kier molecular flexibility index (Phi) is 3.84. The predicted molar refractivity (Wildman–Crippen MR) is 62.5 cm³/mol.